The van der Waals surface area contributed by atoms with Gasteiger partial charge in [0.1, 0.15) is 0 Å². The first-order valence-electron chi connectivity index (χ1n) is 5.49. The zero-order valence-electron chi connectivity index (χ0n) is 9.82. The fraction of sp³-hybridized carbons (Fsp3) is 0.417. The summed E-state index contributed by atoms with van der Waals surface area (Å²) in [5.41, 5.74) is 0.383. The smallest absolute Gasteiger partial charge is 0.280 e. The van der Waals surface area contributed by atoms with Crippen molar-refractivity contribution in [1.82, 2.24) is 5.32 Å². The third kappa shape index (κ3) is 1.93. The van der Waals surface area contributed by atoms with E-state index in [0.29, 0.717) is 0 Å². The molecule has 5 heteroatoms. The molecule has 1 saturated carbocycles. The van der Waals surface area contributed by atoms with Crippen molar-refractivity contribution in [2.24, 2.45) is 0 Å². The van der Waals surface area contributed by atoms with Crippen molar-refractivity contribution in [3.63, 3.8) is 0 Å². The molecule has 1 fully saturated rings. The maximum Gasteiger partial charge on any atom is 0.280 e. The third-order valence-electron chi connectivity index (χ3n) is 3.26. The molecule has 90 valence electrons. The van der Waals surface area contributed by atoms with Gasteiger partial charge < -0.3 is 5.32 Å². The number of nitrogens with one attached hydrogen (secondary N) is 1. The minimum Gasteiger partial charge on any atom is -0.308 e. The monoisotopic (exact) mass is 234 g/mol. The summed E-state index contributed by atoms with van der Waals surface area (Å²) in [7, 11) is 1.71. The standard InChI is InChI=1S/C12H14N2O3/c1-8-3-4-10(14(16)17)9(7-8)11(15)12(13-2)5-6-12/h3-4,7,13H,5-6H2,1-2H3. The van der Waals surface area contributed by atoms with Crippen LogP contribution in [0.5, 0.6) is 0 Å². The molecule has 0 atom stereocenters. The largest absolute Gasteiger partial charge is 0.308 e. The Hall–Kier alpha value is -1.75. The first-order chi connectivity index (χ1) is 8.00. The second kappa shape index (κ2) is 3.92. The van der Waals surface area contributed by atoms with E-state index in [1.54, 1.807) is 19.2 Å². The summed E-state index contributed by atoms with van der Waals surface area (Å²) in [6, 6.07) is 4.64. The number of hydrogen-bond donors (Lipinski definition) is 1. The topological polar surface area (TPSA) is 72.2 Å². The van der Waals surface area contributed by atoms with Crippen LogP contribution in [0.1, 0.15) is 28.8 Å². The molecule has 0 heterocycles. The molecule has 1 aliphatic rings. The quantitative estimate of drug-likeness (QED) is 0.490. The van der Waals surface area contributed by atoms with Crippen LogP contribution < -0.4 is 5.32 Å². The molecule has 0 aliphatic heterocycles. The summed E-state index contributed by atoms with van der Waals surface area (Å²) in [5.74, 6) is -0.171. The van der Waals surface area contributed by atoms with Crippen LogP contribution >= 0.6 is 0 Å². The molecular weight excluding hydrogens is 220 g/mol. The van der Waals surface area contributed by atoms with Gasteiger partial charge in [0.2, 0.25) is 0 Å². The second-order valence-corrected chi connectivity index (χ2v) is 4.44. The van der Waals surface area contributed by atoms with Gasteiger partial charge in [-0.2, -0.15) is 0 Å². The summed E-state index contributed by atoms with van der Waals surface area (Å²) >= 11 is 0. The molecule has 1 aliphatic carbocycles. The van der Waals surface area contributed by atoms with Gasteiger partial charge in [-0.05, 0) is 38.4 Å². The van der Waals surface area contributed by atoms with Crippen molar-refractivity contribution in [2.45, 2.75) is 25.3 Å². The van der Waals surface area contributed by atoms with Crippen LogP contribution in [0.3, 0.4) is 0 Å². The molecule has 0 amide bonds. The number of carbonyl (C=O) groups excluding carboxylic acids is 1. The van der Waals surface area contributed by atoms with E-state index in [1.807, 2.05) is 6.92 Å². The highest BCUT2D eigenvalue weighted by atomic mass is 16.6. The van der Waals surface area contributed by atoms with Crippen LogP contribution in [0.25, 0.3) is 0 Å². The molecule has 0 saturated heterocycles. The number of nitrogens with zero attached hydrogens (tertiary/aromatic N) is 1. The predicted octanol–water partition coefficient (Wildman–Crippen LogP) is 1.84. The van der Waals surface area contributed by atoms with Gasteiger partial charge in [0.25, 0.3) is 5.69 Å². The van der Waals surface area contributed by atoms with Crippen molar-refractivity contribution in [3.8, 4) is 0 Å². The van der Waals surface area contributed by atoms with E-state index in [9.17, 15) is 14.9 Å². The highest BCUT2D eigenvalue weighted by Crippen LogP contribution is 2.39. The Morgan fingerprint density at radius 3 is 2.59 bits per heavy atom. The second-order valence-electron chi connectivity index (χ2n) is 4.44. The first-order valence-corrected chi connectivity index (χ1v) is 5.49. The summed E-state index contributed by atoms with van der Waals surface area (Å²) in [4.78, 5) is 22.7. The molecule has 1 aromatic carbocycles. The molecule has 0 aromatic heterocycles. The number of Topliss-reactive ketones (excluding diaryl/α,β-unsaturated/α-hetero) is 1. The van der Waals surface area contributed by atoms with Gasteiger partial charge in [-0.25, -0.2) is 0 Å². The Labute approximate surface area is 99.0 Å². The van der Waals surface area contributed by atoms with Gasteiger partial charge in [-0.1, -0.05) is 6.07 Å². The van der Waals surface area contributed by atoms with Crippen molar-refractivity contribution in [3.05, 3.63) is 39.4 Å². The minimum atomic E-state index is -0.571. The molecule has 0 unspecified atom stereocenters. The average molecular weight is 234 g/mol. The van der Waals surface area contributed by atoms with Crippen LogP contribution in [0.4, 0.5) is 5.69 Å². The molecule has 2 rings (SSSR count). The number of carbonyl (C=O) groups is 1. The molecule has 1 N–H and O–H groups in total. The molecule has 0 bridgehead atoms. The molecule has 0 radical (unpaired) electrons. The summed E-state index contributed by atoms with van der Waals surface area (Å²) in [6.45, 7) is 1.82. The highest BCUT2D eigenvalue weighted by molar-refractivity contribution is 6.08. The minimum absolute atomic E-state index is 0.109. The zero-order valence-corrected chi connectivity index (χ0v) is 9.82. The number of aryl methyl sites for hydroxylation is 1. The molecule has 1 aromatic rings. The Morgan fingerprint density at radius 1 is 1.47 bits per heavy atom. The molecular formula is C12H14N2O3. The number of rotatable bonds is 4. The average Bonchev–Trinajstić information content (AvgIpc) is 3.08. The van der Waals surface area contributed by atoms with Gasteiger partial charge in [0.05, 0.1) is 16.0 Å². The van der Waals surface area contributed by atoms with Crippen LogP contribution in [-0.4, -0.2) is 23.3 Å². The van der Waals surface area contributed by atoms with E-state index in [-0.39, 0.29) is 17.0 Å². The lowest BCUT2D eigenvalue weighted by Gasteiger charge is -2.13. The van der Waals surface area contributed by atoms with Crippen LogP contribution in [0, 0.1) is 17.0 Å². The van der Waals surface area contributed by atoms with Crippen molar-refractivity contribution in [2.75, 3.05) is 7.05 Å². The van der Waals surface area contributed by atoms with Crippen molar-refractivity contribution >= 4 is 11.5 Å². The summed E-state index contributed by atoms with van der Waals surface area (Å²) < 4.78 is 0. The van der Waals surface area contributed by atoms with E-state index in [1.165, 1.54) is 6.07 Å². The van der Waals surface area contributed by atoms with E-state index in [2.05, 4.69) is 5.32 Å². The number of nitro groups is 1. The summed E-state index contributed by atoms with van der Waals surface area (Å²) in [6.07, 6.45) is 1.49. The van der Waals surface area contributed by atoms with Crippen molar-refractivity contribution in [1.29, 1.82) is 0 Å². The van der Waals surface area contributed by atoms with Gasteiger partial charge >= 0.3 is 0 Å². The lowest BCUT2D eigenvalue weighted by atomic mass is 9.99. The lowest BCUT2D eigenvalue weighted by Crippen LogP contribution is -2.36. The number of hydrogen-bond acceptors (Lipinski definition) is 4. The Morgan fingerprint density at radius 2 is 2.12 bits per heavy atom. The summed E-state index contributed by atoms with van der Waals surface area (Å²) in [5, 5.41) is 13.9. The third-order valence-corrected chi connectivity index (χ3v) is 3.26. The Balaban J connectivity index is 2.47. The van der Waals surface area contributed by atoms with Crippen LogP contribution in [0.15, 0.2) is 18.2 Å². The maximum atomic E-state index is 12.3. The van der Waals surface area contributed by atoms with Crippen LogP contribution in [0.2, 0.25) is 0 Å². The van der Waals surface area contributed by atoms with Gasteiger partial charge in [-0.15, -0.1) is 0 Å². The van der Waals surface area contributed by atoms with E-state index < -0.39 is 10.5 Å². The molecule has 5 nitrogen and oxygen atoms in total. The number of likely N-dealkylation sites (N-methyl/N-ethyl adjacent to an activating group) is 1. The van der Waals surface area contributed by atoms with E-state index >= 15 is 0 Å². The van der Waals surface area contributed by atoms with Gasteiger partial charge in [-0.3, -0.25) is 14.9 Å². The number of nitro benzene ring substituents is 1. The van der Waals surface area contributed by atoms with Crippen LogP contribution in [-0.2, 0) is 0 Å². The molecule has 0 spiro atoms. The Bertz CT molecular complexity index is 493. The van der Waals surface area contributed by atoms with Crippen molar-refractivity contribution < 1.29 is 9.72 Å². The van der Waals surface area contributed by atoms with E-state index in [4.69, 9.17) is 0 Å². The maximum absolute atomic E-state index is 12.3. The first kappa shape index (κ1) is 11.7. The fourth-order valence-electron chi connectivity index (χ4n) is 1.96. The molecule has 17 heavy (non-hydrogen) atoms. The highest BCUT2D eigenvalue weighted by Gasteiger charge is 2.50. The Kier molecular flexibility index (Phi) is 2.71. The van der Waals surface area contributed by atoms with Gasteiger partial charge in [0, 0.05) is 6.07 Å². The SMILES string of the molecule is CNC1(C(=O)c2cc(C)ccc2[N+](=O)[O-])CC1. The number of benzene rings is 1. The normalized spacial score (nSPS) is 16.6. The van der Waals surface area contributed by atoms with E-state index in [0.717, 1.165) is 18.4 Å². The number of ketones is 1. The van der Waals surface area contributed by atoms with Gasteiger partial charge in [0.15, 0.2) is 5.78 Å². The predicted molar refractivity (Wildman–Crippen MR) is 63.2 cm³/mol. The fourth-order valence-corrected chi connectivity index (χ4v) is 1.96. The lowest BCUT2D eigenvalue weighted by molar-refractivity contribution is -0.385. The zero-order chi connectivity index (χ0) is 12.6.